The van der Waals surface area contributed by atoms with Crippen LogP contribution in [0.5, 0.6) is 0 Å². The van der Waals surface area contributed by atoms with E-state index in [1.54, 1.807) is 0 Å². The van der Waals surface area contributed by atoms with Crippen molar-refractivity contribution in [2.24, 2.45) is 0 Å². The van der Waals surface area contributed by atoms with Gasteiger partial charge in [0.1, 0.15) is 0 Å². The van der Waals surface area contributed by atoms with Gasteiger partial charge in [-0.05, 0) is 51.3 Å². The van der Waals surface area contributed by atoms with Gasteiger partial charge in [-0.15, -0.1) is 0 Å². The highest BCUT2D eigenvalue weighted by Gasteiger charge is 2.33. The minimum Gasteiger partial charge on any atom is -0.369 e. The molecule has 1 aliphatic carbocycles. The molecule has 0 bridgehead atoms. The highest BCUT2D eigenvalue weighted by molar-refractivity contribution is 9.10. The smallest absolute Gasteiger partial charge is 0.0811 e. The van der Waals surface area contributed by atoms with Gasteiger partial charge in [0.05, 0.1) is 12.2 Å². The van der Waals surface area contributed by atoms with Crippen LogP contribution < -0.4 is 5.32 Å². The van der Waals surface area contributed by atoms with E-state index in [1.807, 2.05) is 0 Å². The van der Waals surface area contributed by atoms with Gasteiger partial charge < -0.3 is 10.1 Å². The Morgan fingerprint density at radius 1 is 1.10 bits per heavy atom. The van der Waals surface area contributed by atoms with Crippen molar-refractivity contribution in [1.29, 1.82) is 0 Å². The van der Waals surface area contributed by atoms with Crippen molar-refractivity contribution in [3.05, 3.63) is 34.3 Å². The van der Waals surface area contributed by atoms with Crippen molar-refractivity contribution in [3.8, 4) is 0 Å². The van der Waals surface area contributed by atoms with Gasteiger partial charge in [-0.3, -0.25) is 0 Å². The van der Waals surface area contributed by atoms with Crippen molar-refractivity contribution in [3.63, 3.8) is 0 Å². The molecule has 1 saturated carbocycles. The van der Waals surface area contributed by atoms with Crippen LogP contribution in [0.3, 0.4) is 0 Å². The maximum Gasteiger partial charge on any atom is 0.0811 e. The fourth-order valence-electron chi connectivity index (χ4n) is 2.81. The standard InChI is InChI=1S/C18H28BrNO/c1-17(2,3)20-14-18(11-5-4-6-12-18)21-13-15-7-9-16(19)10-8-15/h7-10,20H,4-6,11-14H2,1-3H3. The van der Waals surface area contributed by atoms with Crippen LogP contribution in [0.25, 0.3) is 0 Å². The third kappa shape index (κ3) is 5.72. The summed E-state index contributed by atoms with van der Waals surface area (Å²) in [6.45, 7) is 8.32. The molecule has 21 heavy (non-hydrogen) atoms. The lowest BCUT2D eigenvalue weighted by molar-refractivity contribution is -0.0812. The number of halogens is 1. The largest absolute Gasteiger partial charge is 0.369 e. The molecule has 1 fully saturated rings. The molecule has 1 aromatic carbocycles. The molecule has 0 aliphatic heterocycles. The number of rotatable bonds is 5. The van der Waals surface area contributed by atoms with Crippen LogP contribution in [0.2, 0.25) is 0 Å². The fraction of sp³-hybridized carbons (Fsp3) is 0.667. The van der Waals surface area contributed by atoms with Crippen molar-refractivity contribution < 1.29 is 4.74 Å². The number of hydrogen-bond acceptors (Lipinski definition) is 2. The molecule has 0 saturated heterocycles. The zero-order chi connectivity index (χ0) is 15.3. The van der Waals surface area contributed by atoms with Gasteiger partial charge in [-0.2, -0.15) is 0 Å². The van der Waals surface area contributed by atoms with E-state index >= 15 is 0 Å². The summed E-state index contributed by atoms with van der Waals surface area (Å²) in [6, 6.07) is 8.44. The summed E-state index contributed by atoms with van der Waals surface area (Å²) in [5.41, 5.74) is 1.41. The summed E-state index contributed by atoms with van der Waals surface area (Å²) in [7, 11) is 0. The number of ether oxygens (including phenoxy) is 1. The Morgan fingerprint density at radius 3 is 2.29 bits per heavy atom. The van der Waals surface area contributed by atoms with Gasteiger partial charge in [0.15, 0.2) is 0 Å². The van der Waals surface area contributed by atoms with Crippen LogP contribution >= 0.6 is 15.9 Å². The minimum atomic E-state index is 0.0125. The zero-order valence-corrected chi connectivity index (χ0v) is 15.1. The number of nitrogens with one attached hydrogen (secondary N) is 1. The predicted octanol–water partition coefficient (Wildman–Crippen LogP) is 5.06. The second-order valence-corrected chi connectivity index (χ2v) is 8.18. The molecule has 2 rings (SSSR count). The van der Waals surface area contributed by atoms with Gasteiger partial charge >= 0.3 is 0 Å². The molecule has 1 N–H and O–H groups in total. The monoisotopic (exact) mass is 353 g/mol. The molecule has 2 nitrogen and oxygen atoms in total. The minimum absolute atomic E-state index is 0.0125. The first-order valence-corrected chi connectivity index (χ1v) is 8.81. The lowest BCUT2D eigenvalue weighted by atomic mass is 9.84. The summed E-state index contributed by atoms with van der Waals surface area (Å²) in [5, 5.41) is 3.65. The van der Waals surface area contributed by atoms with Crippen LogP contribution in [-0.2, 0) is 11.3 Å². The maximum absolute atomic E-state index is 6.41. The van der Waals surface area contributed by atoms with Crippen LogP contribution in [-0.4, -0.2) is 17.7 Å². The topological polar surface area (TPSA) is 21.3 Å². The van der Waals surface area contributed by atoms with E-state index in [9.17, 15) is 0 Å². The normalized spacial score (nSPS) is 18.7. The Morgan fingerprint density at radius 2 is 1.71 bits per heavy atom. The van der Waals surface area contributed by atoms with E-state index in [0.29, 0.717) is 6.61 Å². The van der Waals surface area contributed by atoms with Gasteiger partial charge in [0, 0.05) is 16.6 Å². The average Bonchev–Trinajstić information content (AvgIpc) is 2.45. The van der Waals surface area contributed by atoms with Crippen molar-refractivity contribution >= 4 is 15.9 Å². The number of hydrogen-bond donors (Lipinski definition) is 1. The quantitative estimate of drug-likeness (QED) is 0.798. The van der Waals surface area contributed by atoms with E-state index < -0.39 is 0 Å². The second-order valence-electron chi connectivity index (χ2n) is 7.26. The summed E-state index contributed by atoms with van der Waals surface area (Å²) < 4.78 is 7.53. The molecule has 1 aliphatic rings. The van der Waals surface area contributed by atoms with Crippen molar-refractivity contribution in [1.82, 2.24) is 5.32 Å². The Hall–Kier alpha value is -0.380. The molecule has 0 radical (unpaired) electrons. The molecule has 0 aromatic heterocycles. The molecule has 0 atom stereocenters. The Kier molecular flexibility index (Phi) is 5.87. The highest BCUT2D eigenvalue weighted by atomic mass is 79.9. The Bertz CT molecular complexity index is 430. The molecule has 3 heteroatoms. The molecule has 1 aromatic rings. The molecule has 0 amide bonds. The van der Waals surface area contributed by atoms with E-state index in [1.165, 1.54) is 37.7 Å². The summed E-state index contributed by atoms with van der Waals surface area (Å²) in [6.07, 6.45) is 6.26. The SMILES string of the molecule is CC(C)(C)NCC1(OCc2ccc(Br)cc2)CCCCC1. The van der Waals surface area contributed by atoms with Crippen molar-refractivity contribution in [2.45, 2.75) is 70.6 Å². The lowest BCUT2D eigenvalue weighted by Gasteiger charge is -2.39. The third-order valence-corrected chi connectivity index (χ3v) is 4.69. The van der Waals surface area contributed by atoms with Crippen LogP contribution in [0.15, 0.2) is 28.7 Å². The zero-order valence-electron chi connectivity index (χ0n) is 13.5. The molecule has 0 spiro atoms. The Balaban J connectivity index is 1.97. The summed E-state index contributed by atoms with van der Waals surface area (Å²) >= 11 is 3.48. The molecular weight excluding hydrogens is 326 g/mol. The van der Waals surface area contributed by atoms with E-state index in [4.69, 9.17) is 4.74 Å². The highest BCUT2D eigenvalue weighted by Crippen LogP contribution is 2.32. The van der Waals surface area contributed by atoms with E-state index in [-0.39, 0.29) is 11.1 Å². The van der Waals surface area contributed by atoms with Crippen molar-refractivity contribution in [2.75, 3.05) is 6.54 Å². The Labute approximate surface area is 137 Å². The van der Waals surface area contributed by atoms with Gasteiger partial charge in [-0.25, -0.2) is 0 Å². The third-order valence-electron chi connectivity index (χ3n) is 4.16. The first kappa shape index (κ1) is 17.0. The van der Waals surface area contributed by atoms with Gasteiger partial charge in [-0.1, -0.05) is 47.3 Å². The van der Waals surface area contributed by atoms with Crippen LogP contribution in [0, 0.1) is 0 Å². The van der Waals surface area contributed by atoms with E-state index in [0.717, 1.165) is 11.0 Å². The molecule has 118 valence electrons. The van der Waals surface area contributed by atoms with Crippen LogP contribution in [0.4, 0.5) is 0 Å². The predicted molar refractivity (Wildman–Crippen MR) is 92.5 cm³/mol. The summed E-state index contributed by atoms with van der Waals surface area (Å²) in [5.74, 6) is 0. The lowest BCUT2D eigenvalue weighted by Crippen LogP contribution is -2.50. The molecule has 0 heterocycles. The summed E-state index contributed by atoms with van der Waals surface area (Å²) in [4.78, 5) is 0. The van der Waals surface area contributed by atoms with Crippen LogP contribution in [0.1, 0.15) is 58.4 Å². The van der Waals surface area contributed by atoms with E-state index in [2.05, 4.69) is 66.3 Å². The maximum atomic E-state index is 6.41. The molecule has 0 unspecified atom stereocenters. The molecular formula is C18H28BrNO. The second kappa shape index (κ2) is 7.26. The first-order valence-electron chi connectivity index (χ1n) is 8.02. The first-order chi connectivity index (χ1) is 9.89. The number of benzene rings is 1. The van der Waals surface area contributed by atoms with Gasteiger partial charge in [0.2, 0.25) is 0 Å². The average molecular weight is 354 g/mol. The van der Waals surface area contributed by atoms with Gasteiger partial charge in [0.25, 0.3) is 0 Å². The fourth-order valence-corrected chi connectivity index (χ4v) is 3.08.